The Bertz CT molecular complexity index is 860. The highest BCUT2D eigenvalue weighted by Gasteiger charge is 2.42. The van der Waals surface area contributed by atoms with Crippen molar-refractivity contribution in [1.82, 2.24) is 0 Å². The molecule has 0 heterocycles. The summed E-state index contributed by atoms with van der Waals surface area (Å²) >= 11 is 0. The second kappa shape index (κ2) is 8.13. The molecule has 2 aromatic rings. The van der Waals surface area contributed by atoms with Gasteiger partial charge in [-0.15, -0.1) is 0 Å². The zero-order valence-corrected chi connectivity index (χ0v) is 17.1. The summed E-state index contributed by atoms with van der Waals surface area (Å²) in [7, 11) is 1.65. The molecule has 1 unspecified atom stereocenters. The normalized spacial score (nSPS) is 17.1. The number of nitrogens with two attached hydrogens (primary N) is 1. The summed E-state index contributed by atoms with van der Waals surface area (Å²) in [4.78, 5) is 11.4. The minimum Gasteiger partial charge on any atom is -0.496 e. The lowest BCUT2D eigenvalue weighted by molar-refractivity contribution is 0.0391. The van der Waals surface area contributed by atoms with E-state index in [1.807, 2.05) is 24.3 Å². The molecule has 2 aromatic carbocycles. The van der Waals surface area contributed by atoms with Crippen LogP contribution in [0, 0.1) is 5.41 Å². The average Bonchev–Trinajstić information content (AvgIpc) is 2.90. The number of methoxy groups -OCH3 is 1. The lowest BCUT2D eigenvalue weighted by atomic mass is 9.87. The summed E-state index contributed by atoms with van der Waals surface area (Å²) in [6.07, 6.45) is 1.78. The number of unbranched alkanes of at least 4 members (excludes halogenated alkanes) is 1. The lowest BCUT2D eigenvalue weighted by Crippen LogP contribution is -2.25. The van der Waals surface area contributed by atoms with Crippen LogP contribution in [0.4, 0.5) is 4.79 Å². The van der Waals surface area contributed by atoms with Gasteiger partial charge in [0.1, 0.15) is 17.6 Å². The SMILES string of the molecule is CCCCOc1cccc(-c2cc3c(cc2OC)C(OC(N)=O)C(C)(C)C3)c1. The maximum Gasteiger partial charge on any atom is 0.405 e. The maximum absolute atomic E-state index is 11.4. The maximum atomic E-state index is 11.4. The Morgan fingerprint density at radius 3 is 2.71 bits per heavy atom. The molecule has 150 valence electrons. The van der Waals surface area contributed by atoms with E-state index in [9.17, 15) is 4.79 Å². The number of amides is 1. The number of fused-ring (bicyclic) bond motifs is 1. The van der Waals surface area contributed by atoms with Crippen molar-refractivity contribution in [2.24, 2.45) is 11.1 Å². The van der Waals surface area contributed by atoms with Crippen molar-refractivity contribution >= 4 is 6.09 Å². The van der Waals surface area contributed by atoms with Gasteiger partial charge in [-0.3, -0.25) is 0 Å². The van der Waals surface area contributed by atoms with Crippen molar-refractivity contribution in [2.75, 3.05) is 13.7 Å². The molecule has 0 bridgehead atoms. The fraction of sp³-hybridized carbons (Fsp3) is 0.435. The van der Waals surface area contributed by atoms with E-state index >= 15 is 0 Å². The molecule has 0 spiro atoms. The Labute approximate surface area is 166 Å². The highest BCUT2D eigenvalue weighted by Crippen LogP contribution is 2.50. The summed E-state index contributed by atoms with van der Waals surface area (Å²) in [6, 6.07) is 12.2. The Morgan fingerprint density at radius 2 is 2.04 bits per heavy atom. The smallest absolute Gasteiger partial charge is 0.405 e. The van der Waals surface area contributed by atoms with Crippen LogP contribution >= 0.6 is 0 Å². The van der Waals surface area contributed by atoms with E-state index in [1.165, 1.54) is 0 Å². The first kappa shape index (κ1) is 20.1. The van der Waals surface area contributed by atoms with E-state index < -0.39 is 6.09 Å². The number of hydrogen-bond donors (Lipinski definition) is 1. The van der Waals surface area contributed by atoms with E-state index in [0.29, 0.717) is 6.61 Å². The molecule has 1 atom stereocenters. The molecule has 0 saturated carbocycles. The summed E-state index contributed by atoms with van der Waals surface area (Å²) in [5, 5.41) is 0. The summed E-state index contributed by atoms with van der Waals surface area (Å²) < 4.78 is 17.0. The standard InChI is InChI=1S/C23H29NO4/c1-5-6-10-27-17-9-7-8-15(11-17)18-12-16-14-23(2,3)21(28-22(24)25)19(16)13-20(18)26-4/h7-9,11-13,21H,5-6,10,14H2,1-4H3,(H2,24,25). The predicted molar refractivity (Wildman–Crippen MR) is 110 cm³/mol. The van der Waals surface area contributed by atoms with Gasteiger partial charge in [0.05, 0.1) is 13.7 Å². The van der Waals surface area contributed by atoms with Gasteiger partial charge in [-0.1, -0.05) is 39.3 Å². The van der Waals surface area contributed by atoms with Crippen molar-refractivity contribution < 1.29 is 19.0 Å². The second-order valence-corrected chi connectivity index (χ2v) is 7.96. The van der Waals surface area contributed by atoms with Crippen molar-refractivity contribution in [3.8, 4) is 22.6 Å². The molecule has 0 aromatic heterocycles. The fourth-order valence-corrected chi connectivity index (χ4v) is 3.86. The molecule has 0 fully saturated rings. The van der Waals surface area contributed by atoms with Gasteiger partial charge >= 0.3 is 6.09 Å². The number of benzene rings is 2. The topological polar surface area (TPSA) is 70.8 Å². The number of hydrogen-bond acceptors (Lipinski definition) is 4. The molecule has 1 aliphatic rings. The molecule has 0 radical (unpaired) electrons. The third-order valence-corrected chi connectivity index (χ3v) is 5.25. The van der Waals surface area contributed by atoms with Gasteiger partial charge < -0.3 is 19.9 Å². The molecule has 3 rings (SSSR count). The van der Waals surface area contributed by atoms with E-state index in [0.717, 1.165) is 53.0 Å². The van der Waals surface area contributed by atoms with Crippen LogP contribution in [0.2, 0.25) is 0 Å². The Balaban J connectivity index is 1.99. The van der Waals surface area contributed by atoms with Crippen LogP contribution in [0.3, 0.4) is 0 Å². The number of primary amides is 1. The van der Waals surface area contributed by atoms with Crippen molar-refractivity contribution in [2.45, 2.75) is 46.1 Å². The molecule has 0 aliphatic heterocycles. The van der Waals surface area contributed by atoms with E-state index in [2.05, 4.69) is 32.9 Å². The fourth-order valence-electron chi connectivity index (χ4n) is 3.86. The quantitative estimate of drug-likeness (QED) is 0.662. The second-order valence-electron chi connectivity index (χ2n) is 7.96. The molecule has 5 nitrogen and oxygen atoms in total. The highest BCUT2D eigenvalue weighted by molar-refractivity contribution is 5.74. The number of rotatable bonds is 7. The van der Waals surface area contributed by atoms with Gasteiger partial charge in [-0.25, -0.2) is 4.79 Å². The van der Waals surface area contributed by atoms with Crippen molar-refractivity contribution in [3.05, 3.63) is 47.5 Å². The molecule has 0 saturated heterocycles. The minimum absolute atomic E-state index is 0.230. The molecular formula is C23H29NO4. The van der Waals surface area contributed by atoms with Crippen LogP contribution in [-0.4, -0.2) is 19.8 Å². The van der Waals surface area contributed by atoms with E-state index in [1.54, 1.807) is 7.11 Å². The van der Waals surface area contributed by atoms with Gasteiger partial charge in [0.2, 0.25) is 0 Å². The minimum atomic E-state index is -0.758. The summed E-state index contributed by atoms with van der Waals surface area (Å²) in [6.45, 7) is 7.01. The highest BCUT2D eigenvalue weighted by atomic mass is 16.6. The van der Waals surface area contributed by atoms with Crippen LogP contribution in [0.5, 0.6) is 11.5 Å². The first-order valence-electron chi connectivity index (χ1n) is 9.76. The summed E-state index contributed by atoms with van der Waals surface area (Å²) in [5.41, 5.74) is 9.20. The molecular weight excluding hydrogens is 354 g/mol. The van der Waals surface area contributed by atoms with E-state index in [-0.39, 0.29) is 11.5 Å². The van der Waals surface area contributed by atoms with Gasteiger partial charge in [-0.2, -0.15) is 0 Å². The van der Waals surface area contributed by atoms with Gasteiger partial charge in [0.25, 0.3) is 0 Å². The predicted octanol–water partition coefficient (Wildman–Crippen LogP) is 5.26. The zero-order valence-electron chi connectivity index (χ0n) is 17.1. The van der Waals surface area contributed by atoms with Gasteiger partial charge in [0.15, 0.2) is 0 Å². The van der Waals surface area contributed by atoms with Crippen LogP contribution in [0.25, 0.3) is 11.1 Å². The Hall–Kier alpha value is -2.69. The van der Waals surface area contributed by atoms with Crippen LogP contribution < -0.4 is 15.2 Å². The number of carbonyl (C=O) groups is 1. The third kappa shape index (κ3) is 4.08. The molecule has 2 N–H and O–H groups in total. The molecule has 1 aliphatic carbocycles. The lowest BCUT2D eigenvalue weighted by Gasteiger charge is -2.26. The molecule has 1 amide bonds. The van der Waals surface area contributed by atoms with Crippen LogP contribution in [0.15, 0.2) is 36.4 Å². The summed E-state index contributed by atoms with van der Waals surface area (Å²) in [5.74, 6) is 1.59. The van der Waals surface area contributed by atoms with E-state index in [4.69, 9.17) is 19.9 Å². The van der Waals surface area contributed by atoms with Gasteiger partial charge in [-0.05, 0) is 53.8 Å². The Kier molecular flexibility index (Phi) is 5.82. The number of ether oxygens (including phenoxy) is 3. The Morgan fingerprint density at radius 1 is 1.25 bits per heavy atom. The first-order chi connectivity index (χ1) is 13.4. The largest absolute Gasteiger partial charge is 0.496 e. The van der Waals surface area contributed by atoms with Crippen molar-refractivity contribution in [1.29, 1.82) is 0 Å². The van der Waals surface area contributed by atoms with Crippen LogP contribution in [-0.2, 0) is 11.2 Å². The molecule has 28 heavy (non-hydrogen) atoms. The monoisotopic (exact) mass is 383 g/mol. The van der Waals surface area contributed by atoms with Crippen LogP contribution in [0.1, 0.15) is 50.8 Å². The third-order valence-electron chi connectivity index (χ3n) is 5.25. The average molecular weight is 383 g/mol. The first-order valence-corrected chi connectivity index (χ1v) is 9.76. The van der Waals surface area contributed by atoms with Crippen molar-refractivity contribution in [3.63, 3.8) is 0 Å². The zero-order chi connectivity index (χ0) is 20.3. The number of carbonyl (C=O) groups excluding carboxylic acids is 1. The van der Waals surface area contributed by atoms with Gasteiger partial charge in [0, 0.05) is 11.0 Å². The molecule has 5 heteroatoms.